The lowest BCUT2D eigenvalue weighted by Crippen LogP contribution is -2.24. The van der Waals surface area contributed by atoms with E-state index in [-0.39, 0.29) is 25.1 Å². The molecular weight excluding hydrogens is 403 g/mol. The zero-order valence-corrected chi connectivity index (χ0v) is 16.4. The van der Waals surface area contributed by atoms with E-state index in [4.69, 9.17) is 37.0 Å². The van der Waals surface area contributed by atoms with Crippen LogP contribution < -0.4 is 10.1 Å². The van der Waals surface area contributed by atoms with Crippen LogP contribution in [0.4, 0.5) is 0 Å². The Morgan fingerprint density at radius 2 is 1.92 bits per heavy atom. The first-order chi connectivity index (χ1) is 12.1. The number of likely N-dealkylation sites (N-methyl/N-ethyl adjacent to an activating group) is 1. The molecule has 2 heterocycles. The fourth-order valence-corrected chi connectivity index (χ4v) is 2.57. The lowest BCUT2D eigenvalue weighted by molar-refractivity contribution is 0.249. The predicted molar refractivity (Wildman–Crippen MR) is 100 cm³/mol. The fraction of sp³-hybridized carbons (Fsp3) is 0.312. The summed E-state index contributed by atoms with van der Waals surface area (Å²) in [6, 6.07) is 7.05. The van der Waals surface area contributed by atoms with Crippen molar-refractivity contribution in [2.75, 3.05) is 7.05 Å². The Bertz CT molecular complexity index is 833. The molecule has 0 aliphatic carbocycles. The van der Waals surface area contributed by atoms with Crippen molar-refractivity contribution in [3.63, 3.8) is 0 Å². The van der Waals surface area contributed by atoms with E-state index in [1.54, 1.807) is 24.3 Å². The van der Waals surface area contributed by atoms with Crippen LogP contribution in [0.15, 0.2) is 33.3 Å². The minimum atomic E-state index is 0. The number of hydrogen-bond donors (Lipinski definition) is 1. The summed E-state index contributed by atoms with van der Waals surface area (Å²) in [5.74, 6) is 1.77. The molecule has 140 valence electrons. The SMILES string of the molecule is CNC(C)Cc1noc(-c2cc(COc3c(Cl)cccc3Cl)on2)n1.Cl. The monoisotopic (exact) mass is 418 g/mol. The zero-order chi connectivity index (χ0) is 17.8. The van der Waals surface area contributed by atoms with Crippen molar-refractivity contribution in [3.05, 3.63) is 45.9 Å². The Hall–Kier alpha value is -1.80. The fourth-order valence-electron chi connectivity index (χ4n) is 2.06. The van der Waals surface area contributed by atoms with E-state index in [2.05, 4.69) is 20.6 Å². The second-order valence-corrected chi connectivity index (χ2v) is 6.24. The lowest BCUT2D eigenvalue weighted by atomic mass is 10.2. The van der Waals surface area contributed by atoms with Crippen molar-refractivity contribution in [1.29, 1.82) is 0 Å². The molecule has 1 atom stereocenters. The predicted octanol–water partition coefficient (Wildman–Crippen LogP) is 4.18. The Morgan fingerprint density at radius 3 is 2.62 bits per heavy atom. The summed E-state index contributed by atoms with van der Waals surface area (Å²) in [5, 5.41) is 11.8. The number of nitrogens with zero attached hydrogens (tertiary/aromatic N) is 3. The van der Waals surface area contributed by atoms with Crippen LogP contribution in [0.5, 0.6) is 5.75 Å². The molecule has 2 aromatic heterocycles. The summed E-state index contributed by atoms with van der Waals surface area (Å²) in [6.07, 6.45) is 0.652. The first-order valence-electron chi connectivity index (χ1n) is 7.59. The first-order valence-corrected chi connectivity index (χ1v) is 8.35. The molecule has 3 aromatic rings. The first kappa shape index (κ1) is 20.5. The van der Waals surface area contributed by atoms with E-state index >= 15 is 0 Å². The summed E-state index contributed by atoms with van der Waals surface area (Å²) < 4.78 is 16.0. The number of nitrogens with one attached hydrogen (secondary N) is 1. The highest BCUT2D eigenvalue weighted by atomic mass is 35.5. The van der Waals surface area contributed by atoms with Gasteiger partial charge in [0.05, 0.1) is 10.0 Å². The molecule has 1 unspecified atom stereocenters. The molecule has 0 radical (unpaired) electrons. The topological polar surface area (TPSA) is 86.2 Å². The maximum Gasteiger partial charge on any atom is 0.280 e. The average Bonchev–Trinajstić information content (AvgIpc) is 3.23. The van der Waals surface area contributed by atoms with Crippen molar-refractivity contribution in [3.8, 4) is 17.3 Å². The van der Waals surface area contributed by atoms with Gasteiger partial charge in [0, 0.05) is 18.5 Å². The molecule has 26 heavy (non-hydrogen) atoms. The number of rotatable bonds is 7. The van der Waals surface area contributed by atoms with E-state index in [0.717, 1.165) is 0 Å². The van der Waals surface area contributed by atoms with Gasteiger partial charge in [0.1, 0.15) is 6.61 Å². The van der Waals surface area contributed by atoms with Gasteiger partial charge in [-0.25, -0.2) is 0 Å². The van der Waals surface area contributed by atoms with Gasteiger partial charge < -0.3 is 19.1 Å². The van der Waals surface area contributed by atoms with E-state index in [9.17, 15) is 0 Å². The van der Waals surface area contributed by atoms with E-state index in [1.807, 2.05) is 14.0 Å². The number of para-hydroxylation sites is 1. The van der Waals surface area contributed by atoms with Crippen molar-refractivity contribution in [1.82, 2.24) is 20.6 Å². The third kappa shape index (κ3) is 4.88. The Kier molecular flexibility index (Phi) is 7.28. The van der Waals surface area contributed by atoms with Gasteiger partial charge in [-0.05, 0) is 26.1 Å². The van der Waals surface area contributed by atoms with E-state index in [1.165, 1.54) is 0 Å². The molecule has 1 aromatic carbocycles. The number of halogens is 3. The molecule has 7 nitrogen and oxygen atoms in total. The van der Waals surface area contributed by atoms with Crippen molar-refractivity contribution in [2.24, 2.45) is 0 Å². The van der Waals surface area contributed by atoms with Crippen LogP contribution in [0, 0.1) is 0 Å². The van der Waals surface area contributed by atoms with Gasteiger partial charge in [-0.3, -0.25) is 0 Å². The minimum Gasteiger partial charge on any atom is -0.482 e. The van der Waals surface area contributed by atoms with Crippen LogP contribution in [0.25, 0.3) is 11.6 Å². The van der Waals surface area contributed by atoms with Gasteiger partial charge in [0.15, 0.2) is 23.0 Å². The summed E-state index contributed by atoms with van der Waals surface area (Å²) in [5.41, 5.74) is 0.444. The highest BCUT2D eigenvalue weighted by Gasteiger charge is 2.16. The molecule has 0 amide bonds. The van der Waals surface area contributed by atoms with Gasteiger partial charge in [0.2, 0.25) is 0 Å². The summed E-state index contributed by atoms with van der Waals surface area (Å²) >= 11 is 12.1. The van der Waals surface area contributed by atoms with Crippen LogP contribution in [0.2, 0.25) is 10.0 Å². The highest BCUT2D eigenvalue weighted by Crippen LogP contribution is 2.33. The minimum absolute atomic E-state index is 0. The van der Waals surface area contributed by atoms with Crippen LogP contribution in [-0.4, -0.2) is 28.4 Å². The van der Waals surface area contributed by atoms with Gasteiger partial charge in [-0.1, -0.05) is 39.6 Å². The summed E-state index contributed by atoms with van der Waals surface area (Å²) in [4.78, 5) is 4.30. The molecule has 0 spiro atoms. The molecule has 0 aliphatic rings. The van der Waals surface area contributed by atoms with Crippen LogP contribution >= 0.6 is 35.6 Å². The molecule has 0 bridgehead atoms. The number of aromatic nitrogens is 3. The molecule has 0 saturated carbocycles. The molecule has 0 fully saturated rings. The third-order valence-corrected chi connectivity index (χ3v) is 4.10. The quantitative estimate of drug-likeness (QED) is 0.614. The second-order valence-electron chi connectivity index (χ2n) is 5.43. The van der Waals surface area contributed by atoms with Crippen LogP contribution in [0.3, 0.4) is 0 Å². The lowest BCUT2D eigenvalue weighted by Gasteiger charge is -2.07. The second kappa shape index (κ2) is 9.23. The average molecular weight is 420 g/mol. The molecule has 10 heteroatoms. The van der Waals surface area contributed by atoms with Crippen molar-refractivity contribution < 1.29 is 13.8 Å². The zero-order valence-electron chi connectivity index (χ0n) is 14.0. The highest BCUT2D eigenvalue weighted by molar-refractivity contribution is 6.37. The third-order valence-electron chi connectivity index (χ3n) is 3.51. The van der Waals surface area contributed by atoms with Gasteiger partial charge in [-0.15, -0.1) is 12.4 Å². The normalized spacial score (nSPS) is 11.8. The van der Waals surface area contributed by atoms with E-state index < -0.39 is 0 Å². The van der Waals surface area contributed by atoms with Crippen molar-refractivity contribution in [2.45, 2.75) is 26.0 Å². The summed E-state index contributed by atoms with van der Waals surface area (Å²) in [6.45, 7) is 2.15. The number of hydrogen-bond acceptors (Lipinski definition) is 7. The van der Waals surface area contributed by atoms with Gasteiger partial charge in [0.25, 0.3) is 5.89 Å². The summed E-state index contributed by atoms with van der Waals surface area (Å²) in [7, 11) is 1.88. The molecular formula is C16H17Cl3N4O3. The maximum absolute atomic E-state index is 6.06. The van der Waals surface area contributed by atoms with Gasteiger partial charge in [-0.2, -0.15) is 4.98 Å². The largest absolute Gasteiger partial charge is 0.482 e. The Balaban J connectivity index is 0.00000243. The van der Waals surface area contributed by atoms with Crippen LogP contribution in [-0.2, 0) is 13.0 Å². The Labute approximate surface area is 166 Å². The smallest absolute Gasteiger partial charge is 0.280 e. The molecule has 3 rings (SSSR count). The molecule has 1 N–H and O–H groups in total. The standard InChI is InChI=1S/C16H16Cl2N4O3.ClH/c1-9(19-2)6-14-20-16(25-22-14)13-7-10(24-21-13)8-23-15-11(17)4-3-5-12(15)18;/h3-5,7,9,19H,6,8H2,1-2H3;1H. The number of benzene rings is 1. The van der Waals surface area contributed by atoms with Crippen LogP contribution in [0.1, 0.15) is 18.5 Å². The molecule has 0 saturated heterocycles. The number of ether oxygens (including phenoxy) is 1. The van der Waals surface area contributed by atoms with Gasteiger partial charge >= 0.3 is 0 Å². The molecule has 0 aliphatic heterocycles. The van der Waals surface area contributed by atoms with E-state index in [0.29, 0.717) is 45.4 Å². The Morgan fingerprint density at radius 1 is 1.19 bits per heavy atom. The van der Waals surface area contributed by atoms with Crippen molar-refractivity contribution >= 4 is 35.6 Å². The maximum atomic E-state index is 6.06.